The number of hydrogen-bond acceptors (Lipinski definition) is 6. The van der Waals surface area contributed by atoms with Crippen LogP contribution in [0.3, 0.4) is 0 Å². The molecule has 0 unspecified atom stereocenters. The molecule has 0 bridgehead atoms. The fourth-order valence-corrected chi connectivity index (χ4v) is 3.54. The molecule has 3 N–H and O–H groups in total. The predicted octanol–water partition coefficient (Wildman–Crippen LogP) is 4.36. The molecule has 0 spiro atoms. The molecule has 1 amide bonds. The molecule has 3 rings (SSSR count). The van der Waals surface area contributed by atoms with Crippen LogP contribution in [0.5, 0.6) is 0 Å². The maximum atomic E-state index is 12.6. The van der Waals surface area contributed by atoms with E-state index in [1.165, 1.54) is 0 Å². The lowest BCUT2D eigenvalue weighted by atomic mass is 10.2. The van der Waals surface area contributed by atoms with Crippen molar-refractivity contribution in [1.29, 1.82) is 0 Å². The van der Waals surface area contributed by atoms with Crippen LogP contribution in [-0.4, -0.2) is 20.9 Å². The van der Waals surface area contributed by atoms with Crippen LogP contribution in [0.2, 0.25) is 10.2 Å². The van der Waals surface area contributed by atoms with E-state index < -0.39 is 0 Å². The molecule has 6 nitrogen and oxygen atoms in total. The Hall–Kier alpha value is -2.22. The third kappa shape index (κ3) is 3.73. The van der Waals surface area contributed by atoms with E-state index in [1.807, 2.05) is 19.1 Å². The number of carbonyl (C=O) groups is 1. The van der Waals surface area contributed by atoms with Gasteiger partial charge < -0.3 is 11.1 Å². The lowest BCUT2D eigenvalue weighted by molar-refractivity contribution is 0.103. The highest BCUT2D eigenvalue weighted by Gasteiger charge is 2.20. The standard InChI is InChI=1S/C16H13Cl2N5OS/c1-7-4-3-5-9(17)12(7)22-15(24)13-14(19)23-16(25-13)10-6-11(18)21-8(2)20-10/h3-6H,19H2,1-2H3,(H,22,24). The van der Waals surface area contributed by atoms with Gasteiger partial charge in [-0.15, -0.1) is 11.3 Å². The molecule has 2 aromatic heterocycles. The highest BCUT2D eigenvalue weighted by Crippen LogP contribution is 2.31. The van der Waals surface area contributed by atoms with Crippen LogP contribution in [0, 0.1) is 13.8 Å². The van der Waals surface area contributed by atoms with E-state index in [0.29, 0.717) is 32.4 Å². The van der Waals surface area contributed by atoms with Crippen LogP contribution in [-0.2, 0) is 0 Å². The summed E-state index contributed by atoms with van der Waals surface area (Å²) in [5.41, 5.74) is 7.83. The maximum absolute atomic E-state index is 12.6. The van der Waals surface area contributed by atoms with Crippen LogP contribution in [0.25, 0.3) is 10.7 Å². The van der Waals surface area contributed by atoms with E-state index in [2.05, 4.69) is 20.3 Å². The molecule has 1 aromatic carbocycles. The number of thiazole rings is 1. The van der Waals surface area contributed by atoms with Crippen molar-refractivity contribution in [2.75, 3.05) is 11.1 Å². The zero-order valence-electron chi connectivity index (χ0n) is 13.3. The van der Waals surface area contributed by atoms with Crippen LogP contribution in [0.1, 0.15) is 21.1 Å². The average molecular weight is 394 g/mol. The number of nitrogens with zero attached hydrogens (tertiary/aromatic N) is 3. The van der Waals surface area contributed by atoms with Crippen molar-refractivity contribution in [2.24, 2.45) is 0 Å². The number of rotatable bonds is 3. The lowest BCUT2D eigenvalue weighted by Crippen LogP contribution is -2.13. The highest BCUT2D eigenvalue weighted by atomic mass is 35.5. The third-order valence-corrected chi connectivity index (χ3v) is 4.95. The van der Waals surface area contributed by atoms with Gasteiger partial charge in [-0.25, -0.2) is 15.0 Å². The van der Waals surface area contributed by atoms with E-state index >= 15 is 0 Å². The van der Waals surface area contributed by atoms with Crippen molar-refractivity contribution in [3.05, 3.63) is 50.7 Å². The Morgan fingerprint density at radius 2 is 1.96 bits per heavy atom. The molecule has 0 atom stereocenters. The molecule has 0 saturated heterocycles. The van der Waals surface area contributed by atoms with E-state index in [-0.39, 0.29) is 16.6 Å². The van der Waals surface area contributed by atoms with Gasteiger partial charge in [0.25, 0.3) is 5.91 Å². The van der Waals surface area contributed by atoms with Gasteiger partial charge in [-0.2, -0.15) is 0 Å². The molecule has 0 aliphatic carbocycles. The molecule has 2 heterocycles. The second-order valence-corrected chi connectivity index (χ2v) is 7.04. The number of anilines is 2. The Morgan fingerprint density at radius 1 is 1.20 bits per heavy atom. The Kier molecular flexibility index (Phi) is 4.89. The molecule has 0 saturated carbocycles. The van der Waals surface area contributed by atoms with Crippen molar-refractivity contribution >= 4 is 52.0 Å². The van der Waals surface area contributed by atoms with E-state index in [0.717, 1.165) is 16.9 Å². The number of aromatic nitrogens is 3. The number of halogens is 2. The summed E-state index contributed by atoms with van der Waals surface area (Å²) in [5.74, 6) is 0.248. The second kappa shape index (κ2) is 6.95. The maximum Gasteiger partial charge on any atom is 0.269 e. The normalized spacial score (nSPS) is 10.7. The zero-order chi connectivity index (χ0) is 18.1. The smallest absolute Gasteiger partial charge is 0.269 e. The number of aryl methyl sites for hydroxylation is 2. The number of para-hydroxylation sites is 1. The molecule has 0 radical (unpaired) electrons. The minimum absolute atomic E-state index is 0.120. The predicted molar refractivity (Wildman–Crippen MR) is 101 cm³/mol. The van der Waals surface area contributed by atoms with Crippen LogP contribution in [0.15, 0.2) is 24.3 Å². The van der Waals surface area contributed by atoms with E-state index in [9.17, 15) is 4.79 Å². The fourth-order valence-electron chi connectivity index (χ4n) is 2.21. The Bertz CT molecular complexity index is 933. The van der Waals surface area contributed by atoms with Crippen molar-refractivity contribution < 1.29 is 4.79 Å². The van der Waals surface area contributed by atoms with Gasteiger partial charge in [0, 0.05) is 6.07 Å². The quantitative estimate of drug-likeness (QED) is 0.644. The molecular formula is C16H13Cl2N5OS. The van der Waals surface area contributed by atoms with Crippen molar-refractivity contribution in [2.45, 2.75) is 13.8 Å². The van der Waals surface area contributed by atoms with E-state index in [1.54, 1.807) is 19.1 Å². The molecule has 25 heavy (non-hydrogen) atoms. The van der Waals surface area contributed by atoms with E-state index in [4.69, 9.17) is 28.9 Å². The monoisotopic (exact) mass is 393 g/mol. The van der Waals surface area contributed by atoms with Crippen molar-refractivity contribution in [3.8, 4) is 10.7 Å². The zero-order valence-corrected chi connectivity index (χ0v) is 15.6. The first-order chi connectivity index (χ1) is 11.8. The minimum atomic E-state index is -0.380. The summed E-state index contributed by atoms with van der Waals surface area (Å²) in [4.78, 5) is 25.4. The van der Waals surface area contributed by atoms with Gasteiger partial charge in [-0.3, -0.25) is 4.79 Å². The topological polar surface area (TPSA) is 93.8 Å². The molecule has 3 aromatic rings. The van der Waals surface area contributed by atoms with Crippen LogP contribution >= 0.6 is 34.5 Å². The summed E-state index contributed by atoms with van der Waals surface area (Å²) >= 11 is 13.2. The van der Waals surface area contributed by atoms with Gasteiger partial charge in [0.15, 0.2) is 0 Å². The molecule has 0 aliphatic rings. The number of benzene rings is 1. The molecule has 128 valence electrons. The molecule has 9 heteroatoms. The molecule has 0 fully saturated rings. The lowest BCUT2D eigenvalue weighted by Gasteiger charge is -2.09. The second-order valence-electron chi connectivity index (χ2n) is 5.24. The van der Waals surface area contributed by atoms with Gasteiger partial charge in [0.1, 0.15) is 32.4 Å². The molecular weight excluding hydrogens is 381 g/mol. The van der Waals surface area contributed by atoms with Crippen LogP contribution in [0.4, 0.5) is 11.5 Å². The third-order valence-electron chi connectivity index (χ3n) is 3.35. The largest absolute Gasteiger partial charge is 0.382 e. The minimum Gasteiger partial charge on any atom is -0.382 e. The summed E-state index contributed by atoms with van der Waals surface area (Å²) in [5, 5.41) is 4.03. The van der Waals surface area contributed by atoms with Crippen LogP contribution < -0.4 is 11.1 Å². The first-order valence-electron chi connectivity index (χ1n) is 7.19. The van der Waals surface area contributed by atoms with Gasteiger partial charge in [0.05, 0.1) is 10.7 Å². The van der Waals surface area contributed by atoms with Crippen molar-refractivity contribution in [3.63, 3.8) is 0 Å². The van der Waals surface area contributed by atoms with Gasteiger partial charge in [-0.05, 0) is 25.5 Å². The van der Waals surface area contributed by atoms with Gasteiger partial charge in [0.2, 0.25) is 0 Å². The first-order valence-corrected chi connectivity index (χ1v) is 8.76. The number of nitrogens with two attached hydrogens (primary N) is 1. The molecule has 0 aliphatic heterocycles. The SMILES string of the molecule is Cc1nc(Cl)cc(-c2nc(N)c(C(=O)Nc3c(C)cccc3Cl)s2)n1. The van der Waals surface area contributed by atoms with Gasteiger partial charge in [-0.1, -0.05) is 35.3 Å². The number of nitrogens with one attached hydrogen (secondary N) is 1. The summed E-state index contributed by atoms with van der Waals surface area (Å²) in [7, 11) is 0. The Morgan fingerprint density at radius 3 is 2.64 bits per heavy atom. The number of hydrogen-bond donors (Lipinski definition) is 2. The number of nitrogen functional groups attached to an aromatic ring is 1. The number of amides is 1. The average Bonchev–Trinajstić information content (AvgIpc) is 2.92. The number of carbonyl (C=O) groups excluding carboxylic acids is 1. The fraction of sp³-hybridized carbons (Fsp3) is 0.125. The Balaban J connectivity index is 1.93. The summed E-state index contributed by atoms with van der Waals surface area (Å²) in [6.07, 6.45) is 0. The summed E-state index contributed by atoms with van der Waals surface area (Å²) in [6, 6.07) is 6.95. The Labute approximate surface area is 158 Å². The first kappa shape index (κ1) is 17.6. The summed E-state index contributed by atoms with van der Waals surface area (Å²) < 4.78 is 0. The highest BCUT2D eigenvalue weighted by molar-refractivity contribution is 7.17. The van der Waals surface area contributed by atoms with Gasteiger partial charge >= 0.3 is 0 Å². The summed E-state index contributed by atoms with van der Waals surface area (Å²) in [6.45, 7) is 3.58. The van der Waals surface area contributed by atoms with Crippen molar-refractivity contribution in [1.82, 2.24) is 15.0 Å².